The molecule has 0 saturated carbocycles. The number of nitrogens with one attached hydrogen (secondary N) is 1. The SMILES string of the molecule is COc1ccc(Cl)c(NS(=O)(=O)c2cnc3onc(C)c3c2)c1. The first-order chi connectivity index (χ1) is 10.9. The summed E-state index contributed by atoms with van der Waals surface area (Å²) in [6.07, 6.45) is 1.20. The molecule has 0 aliphatic carbocycles. The average molecular weight is 354 g/mol. The number of sulfonamides is 1. The third kappa shape index (κ3) is 2.95. The molecule has 0 fully saturated rings. The number of aryl methyl sites for hydroxylation is 1. The van der Waals surface area contributed by atoms with Gasteiger partial charge in [0.15, 0.2) is 0 Å². The normalized spacial score (nSPS) is 11.6. The molecule has 0 aliphatic heterocycles. The van der Waals surface area contributed by atoms with Crippen LogP contribution in [0.5, 0.6) is 5.75 Å². The Kier molecular flexibility index (Phi) is 3.87. The summed E-state index contributed by atoms with van der Waals surface area (Å²) in [4.78, 5) is 3.94. The molecule has 0 aliphatic rings. The molecule has 2 heterocycles. The predicted octanol–water partition coefficient (Wildman–Crippen LogP) is 2.99. The summed E-state index contributed by atoms with van der Waals surface area (Å²) in [5, 5.41) is 4.54. The highest BCUT2D eigenvalue weighted by Crippen LogP contribution is 2.29. The average Bonchev–Trinajstić information content (AvgIpc) is 2.90. The molecule has 120 valence electrons. The number of methoxy groups -OCH3 is 1. The summed E-state index contributed by atoms with van der Waals surface area (Å²) >= 11 is 6.03. The lowest BCUT2D eigenvalue weighted by Gasteiger charge is -2.10. The van der Waals surface area contributed by atoms with Crippen LogP contribution in [-0.2, 0) is 10.0 Å². The van der Waals surface area contributed by atoms with Gasteiger partial charge in [-0.05, 0) is 25.1 Å². The van der Waals surface area contributed by atoms with E-state index in [1.165, 1.54) is 25.4 Å². The monoisotopic (exact) mass is 353 g/mol. The smallest absolute Gasteiger partial charge is 0.263 e. The van der Waals surface area contributed by atoms with Gasteiger partial charge in [0.1, 0.15) is 10.6 Å². The topological polar surface area (TPSA) is 94.3 Å². The second kappa shape index (κ2) is 5.71. The minimum absolute atomic E-state index is 0.0183. The van der Waals surface area contributed by atoms with Crippen LogP contribution in [0.2, 0.25) is 5.02 Å². The van der Waals surface area contributed by atoms with Crippen LogP contribution in [0.4, 0.5) is 5.69 Å². The van der Waals surface area contributed by atoms with Crippen molar-refractivity contribution in [1.29, 1.82) is 0 Å². The third-order valence-electron chi connectivity index (χ3n) is 3.21. The molecule has 0 radical (unpaired) electrons. The van der Waals surface area contributed by atoms with Gasteiger partial charge in [0.05, 0.1) is 35.1 Å². The van der Waals surface area contributed by atoms with Gasteiger partial charge in [-0.1, -0.05) is 16.8 Å². The molecule has 1 N–H and O–H groups in total. The van der Waals surface area contributed by atoms with E-state index in [0.717, 1.165) is 0 Å². The van der Waals surface area contributed by atoms with Crippen LogP contribution in [0.3, 0.4) is 0 Å². The van der Waals surface area contributed by atoms with Crippen molar-refractivity contribution in [1.82, 2.24) is 10.1 Å². The minimum atomic E-state index is -3.87. The van der Waals surface area contributed by atoms with Crippen LogP contribution >= 0.6 is 11.6 Å². The second-order valence-corrected chi connectivity index (χ2v) is 6.83. The van der Waals surface area contributed by atoms with Crippen molar-refractivity contribution in [3.63, 3.8) is 0 Å². The fourth-order valence-corrected chi connectivity index (χ4v) is 3.25. The maximum atomic E-state index is 12.5. The van der Waals surface area contributed by atoms with Gasteiger partial charge >= 0.3 is 0 Å². The number of nitrogens with zero attached hydrogens (tertiary/aromatic N) is 2. The first-order valence-electron chi connectivity index (χ1n) is 6.49. The van der Waals surface area contributed by atoms with E-state index in [1.54, 1.807) is 19.1 Å². The van der Waals surface area contributed by atoms with Crippen molar-refractivity contribution in [2.24, 2.45) is 0 Å². The highest BCUT2D eigenvalue weighted by molar-refractivity contribution is 7.92. The summed E-state index contributed by atoms with van der Waals surface area (Å²) in [7, 11) is -2.39. The summed E-state index contributed by atoms with van der Waals surface area (Å²) in [5.74, 6) is 0.482. The van der Waals surface area contributed by atoms with Crippen LogP contribution < -0.4 is 9.46 Å². The van der Waals surface area contributed by atoms with Gasteiger partial charge in [0.2, 0.25) is 0 Å². The van der Waals surface area contributed by atoms with E-state index in [2.05, 4.69) is 14.9 Å². The van der Waals surface area contributed by atoms with Gasteiger partial charge in [-0.2, -0.15) is 0 Å². The Labute approximate surface area is 137 Å². The Morgan fingerprint density at radius 1 is 1.30 bits per heavy atom. The van der Waals surface area contributed by atoms with Crippen LogP contribution in [0.25, 0.3) is 11.1 Å². The Morgan fingerprint density at radius 2 is 2.09 bits per heavy atom. The summed E-state index contributed by atoms with van der Waals surface area (Å²) in [6, 6.07) is 6.12. The van der Waals surface area contributed by atoms with Crippen molar-refractivity contribution >= 4 is 38.4 Å². The number of anilines is 1. The Morgan fingerprint density at radius 3 is 2.83 bits per heavy atom. The van der Waals surface area contributed by atoms with Crippen molar-refractivity contribution in [3.05, 3.63) is 41.2 Å². The van der Waals surface area contributed by atoms with E-state index in [9.17, 15) is 8.42 Å². The first-order valence-corrected chi connectivity index (χ1v) is 8.35. The molecule has 3 aromatic rings. The number of aromatic nitrogens is 2. The largest absolute Gasteiger partial charge is 0.497 e. The fourth-order valence-electron chi connectivity index (χ4n) is 1.99. The first kappa shape index (κ1) is 15.6. The van der Waals surface area contributed by atoms with E-state index in [-0.39, 0.29) is 21.3 Å². The van der Waals surface area contributed by atoms with E-state index in [0.29, 0.717) is 16.8 Å². The predicted molar refractivity (Wildman–Crippen MR) is 85.4 cm³/mol. The Hall–Kier alpha value is -2.32. The van der Waals surface area contributed by atoms with Crippen LogP contribution in [0, 0.1) is 6.92 Å². The molecule has 0 saturated heterocycles. The molecule has 2 aromatic heterocycles. The molecule has 0 atom stereocenters. The van der Waals surface area contributed by atoms with Crippen molar-refractivity contribution in [3.8, 4) is 5.75 Å². The molecule has 0 unspecified atom stereocenters. The number of fused-ring (bicyclic) bond motifs is 1. The zero-order chi connectivity index (χ0) is 16.6. The van der Waals surface area contributed by atoms with Crippen LogP contribution in [-0.4, -0.2) is 25.7 Å². The lowest BCUT2D eigenvalue weighted by molar-refractivity contribution is 0.415. The highest BCUT2D eigenvalue weighted by atomic mass is 35.5. The van der Waals surface area contributed by atoms with Gasteiger partial charge in [-0.25, -0.2) is 13.4 Å². The number of pyridine rings is 1. The Balaban J connectivity index is 2.02. The zero-order valence-electron chi connectivity index (χ0n) is 12.2. The molecule has 0 amide bonds. The van der Waals surface area contributed by atoms with Gasteiger partial charge in [0.25, 0.3) is 15.7 Å². The van der Waals surface area contributed by atoms with Gasteiger partial charge in [0, 0.05) is 6.07 Å². The molecule has 23 heavy (non-hydrogen) atoms. The molecular weight excluding hydrogens is 342 g/mol. The molecular formula is C14H12ClN3O4S. The van der Waals surface area contributed by atoms with E-state index in [4.69, 9.17) is 20.9 Å². The second-order valence-electron chi connectivity index (χ2n) is 4.74. The third-order valence-corrected chi connectivity index (χ3v) is 4.88. The van der Waals surface area contributed by atoms with Gasteiger partial charge in [-0.15, -0.1) is 0 Å². The highest BCUT2D eigenvalue weighted by Gasteiger charge is 2.19. The van der Waals surface area contributed by atoms with Gasteiger partial charge in [-0.3, -0.25) is 4.72 Å². The quantitative estimate of drug-likeness (QED) is 0.774. The number of ether oxygens (including phenoxy) is 1. The lowest BCUT2D eigenvalue weighted by atomic mass is 10.3. The van der Waals surface area contributed by atoms with Gasteiger partial charge < -0.3 is 9.26 Å². The minimum Gasteiger partial charge on any atom is -0.497 e. The molecule has 3 rings (SSSR count). The van der Waals surface area contributed by atoms with Crippen LogP contribution in [0.1, 0.15) is 5.69 Å². The number of benzene rings is 1. The standard InChI is InChI=1S/C14H12ClN3O4S/c1-8-11-6-10(7-16-14(11)22-17-8)23(19,20)18-13-5-9(21-2)3-4-12(13)15/h3-7,18H,1-2H3. The van der Waals surface area contributed by atoms with Crippen molar-refractivity contribution in [2.75, 3.05) is 11.8 Å². The summed E-state index contributed by atoms with van der Waals surface area (Å²) in [6.45, 7) is 1.70. The maximum absolute atomic E-state index is 12.5. The number of halogens is 1. The molecule has 9 heteroatoms. The molecule has 0 bridgehead atoms. The van der Waals surface area contributed by atoms with E-state index < -0.39 is 10.0 Å². The summed E-state index contributed by atoms with van der Waals surface area (Å²) in [5.41, 5.74) is 1.05. The van der Waals surface area contributed by atoms with E-state index >= 15 is 0 Å². The fraction of sp³-hybridized carbons (Fsp3) is 0.143. The number of rotatable bonds is 4. The van der Waals surface area contributed by atoms with Crippen molar-refractivity contribution < 1.29 is 17.7 Å². The Bertz CT molecular complexity index is 985. The van der Waals surface area contributed by atoms with Crippen molar-refractivity contribution in [2.45, 2.75) is 11.8 Å². The van der Waals surface area contributed by atoms with Crippen LogP contribution in [0.15, 0.2) is 39.9 Å². The molecule has 7 nitrogen and oxygen atoms in total. The van der Waals surface area contributed by atoms with E-state index in [1.807, 2.05) is 0 Å². The zero-order valence-corrected chi connectivity index (χ0v) is 13.8. The lowest BCUT2D eigenvalue weighted by Crippen LogP contribution is -2.13. The summed E-state index contributed by atoms with van der Waals surface area (Å²) < 4.78 is 37.5. The molecule has 0 spiro atoms. The maximum Gasteiger partial charge on any atom is 0.263 e. The number of hydrogen-bond donors (Lipinski definition) is 1. The molecule has 1 aromatic carbocycles. The number of hydrogen-bond acceptors (Lipinski definition) is 6.